The third kappa shape index (κ3) is 4.88. The maximum Gasteiger partial charge on any atom is 0.244 e. The molecule has 0 unspecified atom stereocenters. The van der Waals surface area contributed by atoms with Crippen molar-refractivity contribution in [2.75, 3.05) is 11.9 Å². The number of amides is 1. The van der Waals surface area contributed by atoms with Gasteiger partial charge in [-0.3, -0.25) is 4.79 Å². The van der Waals surface area contributed by atoms with Crippen LogP contribution in [0.25, 0.3) is 0 Å². The molecule has 1 heterocycles. The van der Waals surface area contributed by atoms with Crippen molar-refractivity contribution in [2.45, 2.75) is 26.4 Å². The highest BCUT2D eigenvalue weighted by atomic mass is 35.5. The Morgan fingerprint density at radius 3 is 3.05 bits per heavy atom. The number of aromatic nitrogens is 2. The standard InChI is InChI=1S/C15H19ClN4O/c1-2-6-17-10-14-18-7-8-20(14)11-15(21)19-13-5-3-4-12(16)9-13/h3-5,7-9,17H,2,6,10-11H2,1H3,(H,19,21). The normalized spacial score (nSPS) is 10.6. The molecule has 0 radical (unpaired) electrons. The van der Waals surface area contributed by atoms with E-state index in [1.165, 1.54) is 0 Å². The largest absolute Gasteiger partial charge is 0.324 e. The molecule has 6 heteroatoms. The molecule has 2 aromatic rings. The molecule has 0 aliphatic carbocycles. The number of carbonyl (C=O) groups excluding carboxylic acids is 1. The van der Waals surface area contributed by atoms with Crippen LogP contribution in [0.15, 0.2) is 36.7 Å². The van der Waals surface area contributed by atoms with Crippen LogP contribution < -0.4 is 10.6 Å². The monoisotopic (exact) mass is 306 g/mol. The van der Waals surface area contributed by atoms with Crippen LogP contribution in [0.1, 0.15) is 19.2 Å². The van der Waals surface area contributed by atoms with Crippen molar-refractivity contribution >= 4 is 23.2 Å². The molecule has 0 atom stereocenters. The van der Waals surface area contributed by atoms with Crippen LogP contribution >= 0.6 is 11.6 Å². The lowest BCUT2D eigenvalue weighted by Crippen LogP contribution is -2.22. The first-order valence-electron chi connectivity index (χ1n) is 6.95. The Morgan fingerprint density at radius 2 is 2.29 bits per heavy atom. The quantitative estimate of drug-likeness (QED) is 0.773. The number of anilines is 1. The van der Waals surface area contributed by atoms with Gasteiger partial charge in [-0.05, 0) is 31.2 Å². The molecular formula is C15H19ClN4O. The second-order valence-corrected chi connectivity index (χ2v) is 5.14. The Labute approximate surface area is 129 Å². The molecule has 112 valence electrons. The molecule has 21 heavy (non-hydrogen) atoms. The molecule has 2 N–H and O–H groups in total. The first-order chi connectivity index (χ1) is 10.2. The number of halogens is 1. The van der Waals surface area contributed by atoms with E-state index in [9.17, 15) is 4.79 Å². The SMILES string of the molecule is CCCNCc1nccn1CC(=O)Nc1cccc(Cl)c1. The Morgan fingerprint density at radius 1 is 1.43 bits per heavy atom. The minimum absolute atomic E-state index is 0.105. The molecule has 1 aromatic heterocycles. The third-order valence-electron chi connectivity index (χ3n) is 2.93. The maximum absolute atomic E-state index is 12.1. The fraction of sp³-hybridized carbons (Fsp3) is 0.333. The van der Waals surface area contributed by atoms with Gasteiger partial charge >= 0.3 is 0 Å². The summed E-state index contributed by atoms with van der Waals surface area (Å²) in [5.41, 5.74) is 0.693. The van der Waals surface area contributed by atoms with Gasteiger partial charge in [0.1, 0.15) is 12.4 Å². The van der Waals surface area contributed by atoms with Crippen molar-refractivity contribution in [3.05, 3.63) is 47.5 Å². The van der Waals surface area contributed by atoms with Crippen LogP contribution in [-0.4, -0.2) is 22.0 Å². The van der Waals surface area contributed by atoms with E-state index in [2.05, 4.69) is 22.5 Å². The molecule has 0 aliphatic rings. The van der Waals surface area contributed by atoms with Gasteiger partial charge in [0, 0.05) is 23.1 Å². The number of hydrogen-bond donors (Lipinski definition) is 2. The summed E-state index contributed by atoms with van der Waals surface area (Å²) in [6.07, 6.45) is 4.58. The molecule has 1 amide bonds. The Hall–Kier alpha value is -1.85. The lowest BCUT2D eigenvalue weighted by atomic mass is 10.3. The van der Waals surface area contributed by atoms with Gasteiger partial charge < -0.3 is 15.2 Å². The zero-order chi connectivity index (χ0) is 15.1. The second kappa shape index (κ2) is 7.81. The van der Waals surface area contributed by atoms with Crippen molar-refractivity contribution in [3.63, 3.8) is 0 Å². The molecule has 0 saturated heterocycles. The molecule has 0 bridgehead atoms. The van der Waals surface area contributed by atoms with Crippen LogP contribution in [0.2, 0.25) is 5.02 Å². The summed E-state index contributed by atoms with van der Waals surface area (Å²) >= 11 is 5.89. The van der Waals surface area contributed by atoms with E-state index in [-0.39, 0.29) is 12.5 Å². The number of carbonyl (C=O) groups is 1. The van der Waals surface area contributed by atoms with Crippen molar-refractivity contribution in [1.29, 1.82) is 0 Å². The summed E-state index contributed by atoms with van der Waals surface area (Å²) in [5.74, 6) is 0.747. The number of rotatable bonds is 7. The summed E-state index contributed by atoms with van der Waals surface area (Å²) in [5, 5.41) is 6.70. The van der Waals surface area contributed by atoms with E-state index in [1.807, 2.05) is 4.57 Å². The molecule has 0 spiro atoms. The maximum atomic E-state index is 12.1. The minimum Gasteiger partial charge on any atom is -0.324 e. The summed E-state index contributed by atoms with van der Waals surface area (Å²) in [4.78, 5) is 16.3. The fourth-order valence-corrected chi connectivity index (χ4v) is 2.14. The van der Waals surface area contributed by atoms with Crippen molar-refractivity contribution in [3.8, 4) is 0 Å². The molecule has 5 nitrogen and oxygen atoms in total. The minimum atomic E-state index is -0.105. The predicted octanol–water partition coefficient (Wildman–Crippen LogP) is 2.67. The van der Waals surface area contributed by atoms with E-state index in [1.54, 1.807) is 36.7 Å². The molecule has 0 saturated carbocycles. The van der Waals surface area contributed by atoms with Gasteiger partial charge in [0.05, 0.1) is 6.54 Å². The Balaban J connectivity index is 1.92. The van der Waals surface area contributed by atoms with Crippen LogP contribution in [0, 0.1) is 0 Å². The topological polar surface area (TPSA) is 59.0 Å². The van der Waals surface area contributed by atoms with Gasteiger partial charge in [0.15, 0.2) is 0 Å². The van der Waals surface area contributed by atoms with Crippen molar-refractivity contribution < 1.29 is 4.79 Å². The summed E-state index contributed by atoms with van der Waals surface area (Å²) in [7, 11) is 0. The highest BCUT2D eigenvalue weighted by molar-refractivity contribution is 6.30. The van der Waals surface area contributed by atoms with Crippen LogP contribution in [-0.2, 0) is 17.9 Å². The number of nitrogens with one attached hydrogen (secondary N) is 2. The lowest BCUT2D eigenvalue weighted by molar-refractivity contribution is -0.116. The van der Waals surface area contributed by atoms with E-state index in [0.29, 0.717) is 17.3 Å². The highest BCUT2D eigenvalue weighted by Gasteiger charge is 2.08. The highest BCUT2D eigenvalue weighted by Crippen LogP contribution is 2.14. The van der Waals surface area contributed by atoms with E-state index in [0.717, 1.165) is 18.8 Å². The molecular weight excluding hydrogens is 288 g/mol. The van der Waals surface area contributed by atoms with Crippen LogP contribution in [0.4, 0.5) is 5.69 Å². The molecule has 1 aromatic carbocycles. The van der Waals surface area contributed by atoms with Gasteiger partial charge in [-0.15, -0.1) is 0 Å². The number of benzene rings is 1. The third-order valence-corrected chi connectivity index (χ3v) is 3.17. The predicted molar refractivity (Wildman–Crippen MR) is 84.3 cm³/mol. The summed E-state index contributed by atoms with van der Waals surface area (Å²) in [6, 6.07) is 7.10. The average molecular weight is 307 g/mol. The first-order valence-corrected chi connectivity index (χ1v) is 7.33. The fourth-order valence-electron chi connectivity index (χ4n) is 1.95. The number of hydrogen-bond acceptors (Lipinski definition) is 3. The van der Waals surface area contributed by atoms with Gasteiger partial charge in [-0.1, -0.05) is 24.6 Å². The summed E-state index contributed by atoms with van der Waals surface area (Å²) < 4.78 is 1.84. The lowest BCUT2D eigenvalue weighted by Gasteiger charge is -2.09. The molecule has 2 rings (SSSR count). The van der Waals surface area contributed by atoms with E-state index < -0.39 is 0 Å². The summed E-state index contributed by atoms with van der Waals surface area (Å²) in [6.45, 7) is 3.93. The Bertz CT molecular complexity index is 597. The van der Waals surface area contributed by atoms with Crippen molar-refractivity contribution in [2.24, 2.45) is 0 Å². The zero-order valence-electron chi connectivity index (χ0n) is 12.0. The Kier molecular flexibility index (Phi) is 5.78. The van der Waals surface area contributed by atoms with Gasteiger partial charge in [0.2, 0.25) is 5.91 Å². The molecule has 0 fully saturated rings. The van der Waals surface area contributed by atoms with Crippen LogP contribution in [0.5, 0.6) is 0 Å². The van der Waals surface area contributed by atoms with Crippen LogP contribution in [0.3, 0.4) is 0 Å². The van der Waals surface area contributed by atoms with Crippen molar-refractivity contribution in [1.82, 2.24) is 14.9 Å². The smallest absolute Gasteiger partial charge is 0.244 e. The molecule has 0 aliphatic heterocycles. The van der Waals surface area contributed by atoms with Gasteiger partial charge in [-0.2, -0.15) is 0 Å². The number of nitrogens with zero attached hydrogens (tertiary/aromatic N) is 2. The first kappa shape index (κ1) is 15.5. The second-order valence-electron chi connectivity index (χ2n) is 4.71. The van der Waals surface area contributed by atoms with Gasteiger partial charge in [0.25, 0.3) is 0 Å². The number of imidazole rings is 1. The average Bonchev–Trinajstić information content (AvgIpc) is 2.86. The van der Waals surface area contributed by atoms with E-state index in [4.69, 9.17) is 11.6 Å². The van der Waals surface area contributed by atoms with Gasteiger partial charge in [-0.25, -0.2) is 4.98 Å². The van der Waals surface area contributed by atoms with E-state index >= 15 is 0 Å². The zero-order valence-corrected chi connectivity index (χ0v) is 12.7.